The average Bonchev–Trinajstić information content (AvgIpc) is 2.35. The molecular weight excluding hydrogens is 216 g/mol. The normalized spacial score (nSPS) is 12.2. The summed E-state index contributed by atoms with van der Waals surface area (Å²) in [6.45, 7) is 3.88. The van der Waals surface area contributed by atoms with Crippen molar-refractivity contribution in [1.29, 1.82) is 0 Å². The molecule has 92 valence electrons. The Labute approximate surface area is 102 Å². The second-order valence-electron chi connectivity index (χ2n) is 4.36. The van der Waals surface area contributed by atoms with Gasteiger partial charge in [0.1, 0.15) is 0 Å². The zero-order valence-corrected chi connectivity index (χ0v) is 10.5. The average molecular weight is 234 g/mol. The Bertz CT molecular complexity index is 382. The van der Waals surface area contributed by atoms with E-state index < -0.39 is 0 Å². The van der Waals surface area contributed by atoms with Gasteiger partial charge < -0.3 is 4.74 Å². The van der Waals surface area contributed by atoms with Gasteiger partial charge in [-0.15, -0.1) is 0 Å². The van der Waals surface area contributed by atoms with Crippen molar-refractivity contribution in [2.45, 2.75) is 20.3 Å². The van der Waals surface area contributed by atoms with Gasteiger partial charge in [-0.1, -0.05) is 44.2 Å². The van der Waals surface area contributed by atoms with Crippen molar-refractivity contribution >= 4 is 11.8 Å². The van der Waals surface area contributed by atoms with Crippen LogP contribution in [0.5, 0.6) is 0 Å². The molecule has 0 aliphatic rings. The predicted octanol–water partition coefficient (Wildman–Crippen LogP) is 2.70. The molecule has 0 aliphatic carbocycles. The fourth-order valence-corrected chi connectivity index (χ4v) is 1.71. The van der Waals surface area contributed by atoms with Gasteiger partial charge in [0.15, 0.2) is 5.78 Å². The van der Waals surface area contributed by atoms with Crippen LogP contribution in [0.1, 0.15) is 30.6 Å². The van der Waals surface area contributed by atoms with Crippen LogP contribution in [-0.2, 0) is 9.53 Å². The zero-order valence-electron chi connectivity index (χ0n) is 10.5. The number of Topliss-reactive ketones (excluding diaryl/α,β-unsaturated/α-hetero) is 1. The third-order valence-corrected chi connectivity index (χ3v) is 2.81. The topological polar surface area (TPSA) is 43.4 Å². The molecular formula is C14H18O3. The molecule has 1 aromatic rings. The van der Waals surface area contributed by atoms with Crippen LogP contribution in [0.3, 0.4) is 0 Å². The van der Waals surface area contributed by atoms with Gasteiger partial charge in [-0.2, -0.15) is 0 Å². The van der Waals surface area contributed by atoms with Gasteiger partial charge in [0.2, 0.25) is 0 Å². The largest absolute Gasteiger partial charge is 0.469 e. The number of hydrogen-bond acceptors (Lipinski definition) is 3. The number of ether oxygens (including phenoxy) is 1. The van der Waals surface area contributed by atoms with E-state index in [1.54, 1.807) is 12.1 Å². The van der Waals surface area contributed by atoms with Gasteiger partial charge >= 0.3 is 5.97 Å². The van der Waals surface area contributed by atoms with Crippen LogP contribution in [0.15, 0.2) is 30.3 Å². The first kappa shape index (κ1) is 13.4. The van der Waals surface area contributed by atoms with Crippen molar-refractivity contribution in [3.05, 3.63) is 35.9 Å². The van der Waals surface area contributed by atoms with E-state index in [9.17, 15) is 9.59 Å². The van der Waals surface area contributed by atoms with Crippen LogP contribution in [0.2, 0.25) is 0 Å². The lowest BCUT2D eigenvalue weighted by molar-refractivity contribution is -0.141. The Hall–Kier alpha value is -1.64. The summed E-state index contributed by atoms with van der Waals surface area (Å²) < 4.78 is 4.63. The van der Waals surface area contributed by atoms with Gasteiger partial charge in [0.05, 0.1) is 13.5 Å². The van der Waals surface area contributed by atoms with Crippen LogP contribution in [0.4, 0.5) is 0 Å². The first-order valence-corrected chi connectivity index (χ1v) is 5.72. The molecule has 1 rings (SSSR count). The van der Waals surface area contributed by atoms with Crippen molar-refractivity contribution in [3.8, 4) is 0 Å². The number of ketones is 1. The Morgan fingerprint density at radius 3 is 2.24 bits per heavy atom. The molecule has 3 nitrogen and oxygen atoms in total. The molecule has 1 unspecified atom stereocenters. The highest BCUT2D eigenvalue weighted by Crippen LogP contribution is 2.21. The summed E-state index contributed by atoms with van der Waals surface area (Å²) in [5, 5.41) is 0. The maximum atomic E-state index is 12.2. The lowest BCUT2D eigenvalue weighted by Crippen LogP contribution is -2.24. The maximum Gasteiger partial charge on any atom is 0.306 e. The molecule has 0 fully saturated rings. The fourth-order valence-electron chi connectivity index (χ4n) is 1.71. The fraction of sp³-hybridized carbons (Fsp3) is 0.429. The molecule has 0 amide bonds. The van der Waals surface area contributed by atoms with Crippen molar-refractivity contribution in [3.63, 3.8) is 0 Å². The van der Waals surface area contributed by atoms with Crippen molar-refractivity contribution < 1.29 is 14.3 Å². The van der Waals surface area contributed by atoms with E-state index in [0.717, 1.165) is 0 Å². The van der Waals surface area contributed by atoms with Gasteiger partial charge in [0.25, 0.3) is 0 Å². The van der Waals surface area contributed by atoms with Crippen molar-refractivity contribution in [2.75, 3.05) is 7.11 Å². The summed E-state index contributed by atoms with van der Waals surface area (Å²) in [5.41, 5.74) is 0.648. The molecule has 17 heavy (non-hydrogen) atoms. The number of benzene rings is 1. The monoisotopic (exact) mass is 234 g/mol. The molecule has 0 aromatic heterocycles. The Morgan fingerprint density at radius 2 is 1.76 bits per heavy atom. The van der Waals surface area contributed by atoms with E-state index in [1.165, 1.54) is 7.11 Å². The Kier molecular flexibility index (Phi) is 4.88. The van der Waals surface area contributed by atoms with Crippen LogP contribution in [0, 0.1) is 11.8 Å². The van der Waals surface area contributed by atoms with Gasteiger partial charge in [-0.25, -0.2) is 0 Å². The quantitative estimate of drug-likeness (QED) is 0.581. The number of methoxy groups -OCH3 is 1. The minimum Gasteiger partial charge on any atom is -0.469 e. The third kappa shape index (κ3) is 3.70. The minimum absolute atomic E-state index is 0.00556. The predicted molar refractivity (Wildman–Crippen MR) is 65.7 cm³/mol. The second-order valence-corrected chi connectivity index (χ2v) is 4.36. The summed E-state index contributed by atoms with van der Waals surface area (Å²) in [6.07, 6.45) is 0.141. The number of rotatable bonds is 5. The molecule has 1 atom stereocenters. The van der Waals surface area contributed by atoms with E-state index in [0.29, 0.717) is 5.56 Å². The molecule has 0 saturated carbocycles. The van der Waals surface area contributed by atoms with Crippen LogP contribution in [-0.4, -0.2) is 18.9 Å². The Balaban J connectivity index is 2.85. The summed E-state index contributed by atoms with van der Waals surface area (Å²) in [5.74, 6) is -0.536. The summed E-state index contributed by atoms with van der Waals surface area (Å²) >= 11 is 0. The number of carbonyl (C=O) groups excluding carboxylic acids is 2. The highest BCUT2D eigenvalue weighted by atomic mass is 16.5. The van der Waals surface area contributed by atoms with Crippen LogP contribution in [0.25, 0.3) is 0 Å². The van der Waals surface area contributed by atoms with E-state index in [2.05, 4.69) is 4.74 Å². The van der Waals surface area contributed by atoms with Crippen molar-refractivity contribution in [2.24, 2.45) is 11.8 Å². The molecule has 0 N–H and O–H groups in total. The molecule has 0 heterocycles. The molecule has 0 aliphatic heterocycles. The summed E-state index contributed by atoms with van der Waals surface area (Å²) in [4.78, 5) is 23.5. The molecule has 0 saturated heterocycles. The van der Waals surface area contributed by atoms with Gasteiger partial charge in [-0.3, -0.25) is 9.59 Å². The maximum absolute atomic E-state index is 12.2. The zero-order chi connectivity index (χ0) is 12.8. The lowest BCUT2D eigenvalue weighted by Gasteiger charge is -2.18. The standard InChI is InChI=1S/C14H18O3/c1-10(2)12(9-13(15)17-3)14(16)11-7-5-4-6-8-11/h4-8,10,12H,9H2,1-3H3. The number of hydrogen-bond donors (Lipinski definition) is 0. The van der Waals surface area contributed by atoms with E-state index >= 15 is 0 Å². The van der Waals surface area contributed by atoms with Gasteiger partial charge in [0, 0.05) is 11.5 Å². The first-order valence-electron chi connectivity index (χ1n) is 5.72. The third-order valence-electron chi connectivity index (χ3n) is 2.81. The molecule has 1 aromatic carbocycles. The van der Waals surface area contributed by atoms with Crippen LogP contribution >= 0.6 is 0 Å². The number of esters is 1. The summed E-state index contributed by atoms with van der Waals surface area (Å²) in [7, 11) is 1.34. The summed E-state index contributed by atoms with van der Waals surface area (Å²) in [6, 6.07) is 9.05. The molecule has 3 heteroatoms. The first-order chi connectivity index (χ1) is 8.06. The van der Waals surface area contributed by atoms with Crippen LogP contribution < -0.4 is 0 Å². The molecule has 0 bridgehead atoms. The van der Waals surface area contributed by atoms with E-state index in [-0.39, 0.29) is 30.0 Å². The SMILES string of the molecule is COC(=O)CC(C(=O)c1ccccc1)C(C)C. The minimum atomic E-state index is -0.340. The highest BCUT2D eigenvalue weighted by molar-refractivity contribution is 5.99. The smallest absolute Gasteiger partial charge is 0.306 e. The lowest BCUT2D eigenvalue weighted by atomic mass is 9.85. The molecule has 0 spiro atoms. The highest BCUT2D eigenvalue weighted by Gasteiger charge is 2.26. The Morgan fingerprint density at radius 1 is 1.18 bits per heavy atom. The molecule has 0 radical (unpaired) electrons. The van der Waals surface area contributed by atoms with Gasteiger partial charge in [-0.05, 0) is 5.92 Å². The number of carbonyl (C=O) groups is 2. The van der Waals surface area contributed by atoms with Crippen molar-refractivity contribution in [1.82, 2.24) is 0 Å². The van der Waals surface area contributed by atoms with E-state index in [1.807, 2.05) is 32.0 Å². The van der Waals surface area contributed by atoms with E-state index in [4.69, 9.17) is 0 Å². The second kappa shape index (κ2) is 6.18.